The van der Waals surface area contributed by atoms with Crippen LogP contribution < -0.4 is 19.8 Å². The van der Waals surface area contributed by atoms with E-state index >= 15 is 0 Å². The Labute approximate surface area is 464 Å². The standard InChI is InChI=1S/C57H65ClF3N7O7S3/c1-39-52(55(70)68-30-25-56(2,71)26-31-68)53(54(64(39)3)40-12-14-42(58)15-13-40)41-8-7-9-46(36-41)67-34-32-66(33-35-67)45-18-16-43(17-19-45)63-78(74,75)49-20-21-50(51(37-49)77(72,73)57(59,60)61)62-44(38-76-48-10-5-4-6-11-48)22-27-65-28-23-47(69)24-29-65/h4-21,36-37,44,47,62-63,69,71H,22-35,38H2,1-3H3/t44-/m1/s1. The fourth-order valence-corrected chi connectivity index (χ4v) is 13.7. The Hall–Kier alpha value is -5.74. The van der Waals surface area contributed by atoms with Gasteiger partial charge in [0.2, 0.25) is 0 Å². The summed E-state index contributed by atoms with van der Waals surface area (Å²) in [6.45, 7) is 8.99. The summed E-state index contributed by atoms with van der Waals surface area (Å²) >= 11 is 7.78. The van der Waals surface area contributed by atoms with Crippen LogP contribution in [0.25, 0.3) is 22.4 Å². The maximum atomic E-state index is 14.5. The molecule has 0 bridgehead atoms. The number of alkyl halides is 3. The number of likely N-dealkylation sites (tertiary alicyclic amines) is 2. The van der Waals surface area contributed by atoms with Crippen LogP contribution in [0.15, 0.2) is 136 Å². The minimum Gasteiger partial charge on any atom is -0.393 e. The number of piperidine rings is 2. The highest BCUT2D eigenvalue weighted by molar-refractivity contribution is 7.99. The number of sulfonamides is 1. The molecule has 14 nitrogen and oxygen atoms in total. The quantitative estimate of drug-likeness (QED) is 0.0640. The van der Waals surface area contributed by atoms with Gasteiger partial charge >= 0.3 is 5.51 Å². The highest BCUT2D eigenvalue weighted by Crippen LogP contribution is 2.42. The summed E-state index contributed by atoms with van der Waals surface area (Å²) in [5.74, 6) is 0.285. The molecule has 4 heterocycles. The zero-order valence-corrected chi connectivity index (χ0v) is 46.9. The summed E-state index contributed by atoms with van der Waals surface area (Å²) in [6.07, 6.45) is 2.21. The predicted octanol–water partition coefficient (Wildman–Crippen LogP) is 10.1. The van der Waals surface area contributed by atoms with Crippen LogP contribution in [0.2, 0.25) is 5.02 Å². The van der Waals surface area contributed by atoms with E-state index in [9.17, 15) is 45.0 Å². The maximum Gasteiger partial charge on any atom is 0.501 e. The number of thioether (sulfide) groups is 1. The molecule has 9 rings (SSSR count). The van der Waals surface area contributed by atoms with E-state index in [-0.39, 0.29) is 23.4 Å². The maximum absolute atomic E-state index is 14.5. The van der Waals surface area contributed by atoms with Gasteiger partial charge in [-0.05, 0) is 136 Å². The van der Waals surface area contributed by atoms with Gasteiger partial charge in [0.25, 0.3) is 25.8 Å². The van der Waals surface area contributed by atoms with Gasteiger partial charge in [0.1, 0.15) is 4.90 Å². The van der Waals surface area contributed by atoms with E-state index in [4.69, 9.17) is 11.6 Å². The molecule has 3 aliphatic heterocycles. The Morgan fingerprint density at radius 2 is 1.44 bits per heavy atom. The van der Waals surface area contributed by atoms with Crippen LogP contribution >= 0.6 is 23.4 Å². The second kappa shape index (κ2) is 23.5. The molecular weight excluding hydrogens is 1080 g/mol. The number of hydrogen-bond acceptors (Lipinski definition) is 12. The van der Waals surface area contributed by atoms with Crippen LogP contribution in [-0.2, 0) is 26.9 Å². The first-order chi connectivity index (χ1) is 37.1. The monoisotopic (exact) mass is 1150 g/mol. The number of halogens is 4. The molecule has 1 amide bonds. The summed E-state index contributed by atoms with van der Waals surface area (Å²) in [6, 6.07) is 34.0. The van der Waals surface area contributed by atoms with Gasteiger partial charge in [-0.15, -0.1) is 11.8 Å². The smallest absolute Gasteiger partial charge is 0.393 e. The number of rotatable bonds is 17. The summed E-state index contributed by atoms with van der Waals surface area (Å²) < 4.78 is 102. The molecule has 1 atom stereocenters. The van der Waals surface area contributed by atoms with Gasteiger partial charge in [0.15, 0.2) is 0 Å². The SMILES string of the molecule is Cc1c(C(=O)N2CCC(C)(O)CC2)c(-c2cccc(N3CCN(c4ccc(NS(=O)(=O)c5ccc(N[C@H](CCN6CCC(O)CC6)CSc6ccccc6)c(S(=O)(=O)C(F)(F)F)c5)cc4)CC3)c2)c(-c2ccc(Cl)cc2)n1C. The topological polar surface area (TPSA) is 168 Å². The number of benzene rings is 5. The Bertz CT molecular complexity index is 3300. The van der Waals surface area contributed by atoms with Gasteiger partial charge in [-0.3, -0.25) is 9.52 Å². The number of anilines is 4. The predicted molar refractivity (Wildman–Crippen MR) is 304 cm³/mol. The number of carbonyl (C=O) groups excluding carboxylic acids is 1. The molecule has 1 aromatic heterocycles. The second-order valence-corrected chi connectivity index (χ2v) is 25.8. The van der Waals surface area contributed by atoms with E-state index in [0.717, 1.165) is 56.5 Å². The third-order valence-corrected chi connectivity index (χ3v) is 19.5. The molecule has 4 N–H and O–H groups in total. The van der Waals surface area contributed by atoms with Crippen LogP contribution in [0.4, 0.5) is 35.9 Å². The van der Waals surface area contributed by atoms with Gasteiger partial charge in [-0.25, -0.2) is 16.8 Å². The minimum atomic E-state index is -6.03. The summed E-state index contributed by atoms with van der Waals surface area (Å²) in [5.41, 5.74) is -0.0711. The lowest BCUT2D eigenvalue weighted by atomic mass is 9.92. The van der Waals surface area contributed by atoms with E-state index in [1.54, 1.807) is 24.3 Å². The number of nitrogens with zero attached hydrogens (tertiary/aromatic N) is 5. The number of carbonyl (C=O) groups is 1. The van der Waals surface area contributed by atoms with Crippen molar-refractivity contribution in [1.82, 2.24) is 14.4 Å². The van der Waals surface area contributed by atoms with Crippen molar-refractivity contribution in [1.29, 1.82) is 0 Å². The average molecular weight is 1150 g/mol. The molecule has 3 fully saturated rings. The summed E-state index contributed by atoms with van der Waals surface area (Å²) in [7, 11) is -8.67. The number of piperazine rings is 1. The largest absolute Gasteiger partial charge is 0.501 e. The zero-order valence-electron chi connectivity index (χ0n) is 43.7. The van der Waals surface area contributed by atoms with Crippen molar-refractivity contribution >= 4 is 71.9 Å². The van der Waals surface area contributed by atoms with Crippen molar-refractivity contribution < 1.29 is 45.0 Å². The second-order valence-electron chi connectivity index (χ2n) is 20.6. The molecule has 0 radical (unpaired) electrons. The number of aliphatic hydroxyl groups excluding tert-OH is 1. The van der Waals surface area contributed by atoms with Crippen molar-refractivity contribution in [2.75, 3.05) is 84.5 Å². The zero-order chi connectivity index (χ0) is 55.6. The molecule has 5 aromatic carbocycles. The third-order valence-electron chi connectivity index (χ3n) is 15.2. The summed E-state index contributed by atoms with van der Waals surface area (Å²) in [5, 5.41) is 24.3. The van der Waals surface area contributed by atoms with Crippen LogP contribution in [-0.4, -0.2) is 135 Å². The van der Waals surface area contributed by atoms with Gasteiger partial charge < -0.3 is 39.7 Å². The minimum absolute atomic E-state index is 0.0830. The number of aromatic nitrogens is 1. The van der Waals surface area contributed by atoms with Crippen LogP contribution in [0.3, 0.4) is 0 Å². The molecule has 0 unspecified atom stereocenters. The Balaban J connectivity index is 0.895. The van der Waals surface area contributed by atoms with E-state index in [1.807, 2.05) is 98.6 Å². The van der Waals surface area contributed by atoms with Crippen LogP contribution in [0.1, 0.15) is 55.1 Å². The average Bonchev–Trinajstić information content (AvgIpc) is 3.95. The number of hydrogen-bond donors (Lipinski definition) is 4. The van der Waals surface area contributed by atoms with Crippen molar-refractivity contribution in [2.24, 2.45) is 7.05 Å². The van der Waals surface area contributed by atoms with E-state index in [2.05, 4.69) is 35.4 Å². The van der Waals surface area contributed by atoms with Gasteiger partial charge in [0.05, 0.1) is 33.5 Å². The highest BCUT2D eigenvalue weighted by Gasteiger charge is 2.48. The molecule has 0 aliphatic carbocycles. The molecular formula is C57H65ClF3N7O7S3. The van der Waals surface area contributed by atoms with E-state index in [0.29, 0.717) is 113 Å². The Morgan fingerprint density at radius 3 is 2.08 bits per heavy atom. The van der Waals surface area contributed by atoms with Crippen LogP contribution in [0.5, 0.6) is 0 Å². The number of aliphatic hydroxyl groups is 2. The third kappa shape index (κ3) is 13.0. The van der Waals surface area contributed by atoms with Gasteiger partial charge in [0, 0.05) is 116 Å². The number of amides is 1. The van der Waals surface area contributed by atoms with E-state index < -0.39 is 46.8 Å². The van der Waals surface area contributed by atoms with Crippen molar-refractivity contribution in [3.05, 3.63) is 138 Å². The molecule has 6 aromatic rings. The van der Waals surface area contributed by atoms with E-state index in [1.165, 1.54) is 11.8 Å². The molecule has 3 aliphatic rings. The molecule has 78 heavy (non-hydrogen) atoms. The van der Waals surface area contributed by atoms with Crippen molar-refractivity contribution in [3.8, 4) is 22.4 Å². The Morgan fingerprint density at radius 1 is 0.795 bits per heavy atom. The number of sulfone groups is 1. The molecule has 3 saturated heterocycles. The summed E-state index contributed by atoms with van der Waals surface area (Å²) in [4.78, 5) is 22.0. The first-order valence-corrected chi connectivity index (χ1v) is 30.4. The first kappa shape index (κ1) is 57.0. The lowest BCUT2D eigenvalue weighted by Crippen LogP contribution is -2.46. The van der Waals surface area contributed by atoms with Gasteiger partial charge in [-0.1, -0.05) is 54.1 Å². The lowest BCUT2D eigenvalue weighted by molar-refractivity contribution is -0.0436. The van der Waals surface area contributed by atoms with Crippen LogP contribution in [0, 0.1) is 6.92 Å². The fourth-order valence-electron chi connectivity index (χ4n) is 10.4. The molecule has 416 valence electrons. The normalized spacial score (nSPS) is 17.3. The van der Waals surface area contributed by atoms with Gasteiger partial charge in [-0.2, -0.15) is 13.2 Å². The lowest BCUT2D eigenvalue weighted by Gasteiger charge is -2.37. The fraction of sp³-hybridized carbons (Fsp3) is 0.386. The highest BCUT2D eigenvalue weighted by atomic mass is 35.5. The Kier molecular flexibility index (Phi) is 17.2. The molecule has 0 spiro atoms. The number of nitrogens with one attached hydrogen (secondary N) is 2. The van der Waals surface area contributed by atoms with Crippen molar-refractivity contribution in [3.63, 3.8) is 0 Å². The van der Waals surface area contributed by atoms with Crippen molar-refractivity contribution in [2.45, 2.75) is 83.9 Å². The molecule has 0 saturated carbocycles. The molecule has 21 heteroatoms. The first-order valence-electron chi connectivity index (χ1n) is 26.1.